The monoisotopic (exact) mass is 418 g/mol. The molecule has 31 heavy (non-hydrogen) atoms. The highest BCUT2D eigenvalue weighted by Gasteiger charge is 2.08. The van der Waals surface area contributed by atoms with Gasteiger partial charge in [-0.2, -0.15) is 5.10 Å². The number of rotatable bonds is 8. The molecule has 0 radical (unpaired) electrons. The molecule has 3 rings (SSSR count). The molecule has 0 aliphatic rings. The first-order chi connectivity index (χ1) is 15.0. The second kappa shape index (κ2) is 10.6. The number of benzene rings is 3. The molecule has 7 nitrogen and oxygen atoms in total. The highest BCUT2D eigenvalue weighted by atomic mass is 16.5. The lowest BCUT2D eigenvalue weighted by Crippen LogP contribution is -2.24. The summed E-state index contributed by atoms with van der Waals surface area (Å²) in [5.74, 6) is 0.832. The molecular weight excluding hydrogens is 396 g/mol. The van der Waals surface area contributed by atoms with Gasteiger partial charge in [-0.1, -0.05) is 17.7 Å². The normalized spacial score (nSPS) is 10.5. The van der Waals surface area contributed by atoms with E-state index >= 15 is 0 Å². The third-order valence-corrected chi connectivity index (χ3v) is 4.21. The molecule has 0 aromatic heterocycles. The van der Waals surface area contributed by atoms with Crippen LogP contribution in [0.4, 0.5) is 0 Å². The Morgan fingerprint density at radius 1 is 0.871 bits per heavy atom. The van der Waals surface area contributed by atoms with E-state index in [4.69, 9.17) is 14.2 Å². The molecule has 1 amide bonds. The Hall–Kier alpha value is -4.13. The van der Waals surface area contributed by atoms with Crippen LogP contribution in [0.15, 0.2) is 77.9 Å². The second-order valence-corrected chi connectivity index (χ2v) is 6.58. The topological polar surface area (TPSA) is 86.2 Å². The highest BCUT2D eigenvalue weighted by Crippen LogP contribution is 2.16. The van der Waals surface area contributed by atoms with Crippen molar-refractivity contribution in [1.82, 2.24) is 5.43 Å². The van der Waals surface area contributed by atoms with Crippen LogP contribution in [-0.4, -0.2) is 31.8 Å². The lowest BCUT2D eigenvalue weighted by molar-refractivity contribution is -0.123. The van der Waals surface area contributed by atoms with Crippen LogP contribution < -0.4 is 19.6 Å². The fourth-order valence-electron chi connectivity index (χ4n) is 2.51. The molecule has 0 fully saturated rings. The van der Waals surface area contributed by atoms with E-state index in [0.717, 1.165) is 11.1 Å². The van der Waals surface area contributed by atoms with E-state index in [-0.39, 0.29) is 12.5 Å². The van der Waals surface area contributed by atoms with Gasteiger partial charge in [-0.3, -0.25) is 4.79 Å². The smallest absolute Gasteiger partial charge is 0.343 e. The molecule has 0 saturated carbocycles. The minimum Gasteiger partial charge on any atom is -0.497 e. The molecule has 7 heteroatoms. The third kappa shape index (κ3) is 6.71. The van der Waals surface area contributed by atoms with Crippen molar-refractivity contribution in [2.24, 2.45) is 5.10 Å². The zero-order valence-electron chi connectivity index (χ0n) is 17.2. The van der Waals surface area contributed by atoms with Crippen LogP contribution in [0, 0.1) is 6.92 Å². The lowest BCUT2D eigenvalue weighted by atomic mass is 10.2. The van der Waals surface area contributed by atoms with Crippen molar-refractivity contribution in [3.05, 3.63) is 89.5 Å². The number of ether oxygens (including phenoxy) is 3. The van der Waals surface area contributed by atoms with Crippen molar-refractivity contribution in [2.75, 3.05) is 13.7 Å². The van der Waals surface area contributed by atoms with E-state index in [1.807, 2.05) is 19.1 Å². The van der Waals surface area contributed by atoms with E-state index in [9.17, 15) is 9.59 Å². The van der Waals surface area contributed by atoms with Gasteiger partial charge < -0.3 is 14.2 Å². The van der Waals surface area contributed by atoms with Gasteiger partial charge in [0.2, 0.25) is 0 Å². The number of aryl methyl sites for hydroxylation is 1. The summed E-state index contributed by atoms with van der Waals surface area (Å²) in [6, 6.07) is 20.8. The maximum Gasteiger partial charge on any atom is 0.343 e. The van der Waals surface area contributed by atoms with Gasteiger partial charge in [0.15, 0.2) is 6.61 Å². The Kier molecular flexibility index (Phi) is 7.37. The molecule has 0 aliphatic carbocycles. The minimum absolute atomic E-state index is 0.138. The molecule has 0 spiro atoms. The van der Waals surface area contributed by atoms with Gasteiger partial charge in [0.25, 0.3) is 5.91 Å². The summed E-state index contributed by atoms with van der Waals surface area (Å²) in [4.78, 5) is 24.0. The number of methoxy groups -OCH3 is 1. The summed E-state index contributed by atoms with van der Waals surface area (Å²) >= 11 is 0. The predicted octanol–water partition coefficient (Wildman–Crippen LogP) is 3.75. The molecule has 158 valence electrons. The lowest BCUT2D eigenvalue weighted by Gasteiger charge is -2.06. The molecule has 0 unspecified atom stereocenters. The average molecular weight is 418 g/mol. The summed E-state index contributed by atoms with van der Waals surface area (Å²) in [7, 11) is 1.56. The predicted molar refractivity (Wildman–Crippen MR) is 117 cm³/mol. The molecule has 3 aromatic rings. The molecule has 0 heterocycles. The largest absolute Gasteiger partial charge is 0.497 e. The number of nitrogens with zero attached hydrogens (tertiary/aromatic N) is 1. The molecule has 0 atom stereocenters. The van der Waals surface area contributed by atoms with Crippen molar-refractivity contribution < 1.29 is 23.8 Å². The number of hydrogen-bond acceptors (Lipinski definition) is 6. The first kappa shape index (κ1) is 21.6. The maximum atomic E-state index is 12.2. The third-order valence-electron chi connectivity index (χ3n) is 4.21. The number of hydrazone groups is 1. The van der Waals surface area contributed by atoms with E-state index in [2.05, 4.69) is 10.5 Å². The van der Waals surface area contributed by atoms with E-state index in [0.29, 0.717) is 22.8 Å². The Morgan fingerprint density at radius 3 is 2.13 bits per heavy atom. The molecule has 0 saturated heterocycles. The van der Waals surface area contributed by atoms with Gasteiger partial charge in [0, 0.05) is 0 Å². The molecule has 0 bridgehead atoms. The Bertz CT molecular complexity index is 1040. The van der Waals surface area contributed by atoms with Gasteiger partial charge in [0.05, 0.1) is 18.9 Å². The summed E-state index contributed by atoms with van der Waals surface area (Å²) in [5.41, 5.74) is 4.66. The van der Waals surface area contributed by atoms with Crippen molar-refractivity contribution in [3.8, 4) is 17.2 Å². The van der Waals surface area contributed by atoms with Crippen molar-refractivity contribution in [2.45, 2.75) is 6.92 Å². The fraction of sp³-hybridized carbons (Fsp3) is 0.125. The number of carbonyl (C=O) groups excluding carboxylic acids is 2. The number of nitrogens with one attached hydrogen (secondary N) is 1. The first-order valence-corrected chi connectivity index (χ1v) is 9.51. The zero-order valence-corrected chi connectivity index (χ0v) is 17.2. The second-order valence-electron chi connectivity index (χ2n) is 6.58. The van der Waals surface area contributed by atoms with E-state index in [1.165, 1.54) is 6.21 Å². The van der Waals surface area contributed by atoms with Gasteiger partial charge >= 0.3 is 5.97 Å². The average Bonchev–Trinajstić information content (AvgIpc) is 2.80. The highest BCUT2D eigenvalue weighted by molar-refractivity contribution is 5.91. The Labute approximate surface area is 180 Å². The van der Waals surface area contributed by atoms with Crippen LogP contribution in [0.1, 0.15) is 21.5 Å². The minimum atomic E-state index is -0.468. The van der Waals surface area contributed by atoms with Gasteiger partial charge in [-0.15, -0.1) is 0 Å². The quantitative estimate of drug-likeness (QED) is 0.261. The van der Waals surface area contributed by atoms with Crippen molar-refractivity contribution >= 4 is 18.1 Å². The fourth-order valence-corrected chi connectivity index (χ4v) is 2.51. The van der Waals surface area contributed by atoms with Crippen LogP contribution in [0.2, 0.25) is 0 Å². The molecular formula is C24H22N2O5. The van der Waals surface area contributed by atoms with Crippen LogP contribution in [0.3, 0.4) is 0 Å². The van der Waals surface area contributed by atoms with Gasteiger partial charge in [0.1, 0.15) is 17.2 Å². The number of amides is 1. The molecule has 3 aromatic carbocycles. The maximum absolute atomic E-state index is 12.2. The van der Waals surface area contributed by atoms with Crippen LogP contribution in [0.5, 0.6) is 17.2 Å². The Balaban J connectivity index is 1.45. The van der Waals surface area contributed by atoms with E-state index < -0.39 is 5.97 Å². The van der Waals surface area contributed by atoms with Crippen LogP contribution >= 0.6 is 0 Å². The number of hydrogen-bond donors (Lipinski definition) is 1. The molecule has 0 aliphatic heterocycles. The van der Waals surface area contributed by atoms with Crippen molar-refractivity contribution in [1.29, 1.82) is 0 Å². The van der Waals surface area contributed by atoms with Gasteiger partial charge in [-0.05, 0) is 73.2 Å². The SMILES string of the molecule is COc1ccc(C(=O)Oc2ccc(C=NNC(=O)COc3ccc(C)cc3)cc2)cc1. The Morgan fingerprint density at radius 2 is 1.48 bits per heavy atom. The van der Waals surface area contributed by atoms with Crippen molar-refractivity contribution in [3.63, 3.8) is 0 Å². The zero-order chi connectivity index (χ0) is 22.1. The standard InChI is InChI=1S/C24H22N2O5/c1-17-3-9-21(10-4-17)30-16-23(27)26-25-15-18-5-11-22(12-6-18)31-24(28)19-7-13-20(29-2)14-8-19/h3-15H,16H2,1-2H3,(H,26,27). The summed E-state index contributed by atoms with van der Waals surface area (Å²) in [5, 5.41) is 3.90. The summed E-state index contributed by atoms with van der Waals surface area (Å²) in [6.07, 6.45) is 1.48. The number of carbonyl (C=O) groups is 2. The van der Waals surface area contributed by atoms with E-state index in [1.54, 1.807) is 67.8 Å². The van der Waals surface area contributed by atoms with Crippen LogP contribution in [-0.2, 0) is 4.79 Å². The summed E-state index contributed by atoms with van der Waals surface area (Å²) in [6.45, 7) is 1.84. The van der Waals surface area contributed by atoms with Gasteiger partial charge in [-0.25, -0.2) is 10.2 Å². The van der Waals surface area contributed by atoms with Crippen LogP contribution in [0.25, 0.3) is 0 Å². The summed E-state index contributed by atoms with van der Waals surface area (Å²) < 4.78 is 15.8. The number of esters is 1. The molecule has 1 N–H and O–H groups in total. The first-order valence-electron chi connectivity index (χ1n) is 9.51.